The van der Waals surface area contributed by atoms with Crippen molar-refractivity contribution in [3.05, 3.63) is 82.9 Å². The molecule has 0 spiro atoms. The van der Waals surface area contributed by atoms with E-state index < -0.39 is 11.9 Å². The van der Waals surface area contributed by atoms with Gasteiger partial charge in [0.25, 0.3) is 0 Å². The molecule has 2 N–H and O–H groups in total. The fourth-order valence-electron chi connectivity index (χ4n) is 2.39. The number of rotatable bonds is 12. The molecule has 3 aromatic rings. The number of benzene rings is 1. The Morgan fingerprint density at radius 3 is 1.59 bits per heavy atom. The van der Waals surface area contributed by atoms with Crippen molar-refractivity contribution in [2.75, 3.05) is 23.7 Å². The molecule has 0 aliphatic carbocycles. The van der Waals surface area contributed by atoms with Gasteiger partial charge in [-0.2, -0.15) is 0 Å². The van der Waals surface area contributed by atoms with Crippen molar-refractivity contribution in [2.45, 2.75) is 13.2 Å². The summed E-state index contributed by atoms with van der Waals surface area (Å²) in [5.41, 5.74) is 2.14. The highest BCUT2D eigenvalue weighted by Gasteiger charge is 2.14. The Bertz CT molecular complexity index is 991. The van der Waals surface area contributed by atoms with Gasteiger partial charge in [0.15, 0.2) is 21.7 Å². The number of carbonyl (C=O) groups excluding carboxylic acids is 2. The number of anilines is 2. The third kappa shape index (κ3) is 6.76. The van der Waals surface area contributed by atoms with Crippen molar-refractivity contribution < 1.29 is 19.1 Å². The van der Waals surface area contributed by atoms with E-state index in [9.17, 15) is 9.59 Å². The highest BCUT2D eigenvalue weighted by atomic mass is 32.1. The van der Waals surface area contributed by atoms with Crippen LogP contribution in [0.2, 0.25) is 0 Å². The Balaban J connectivity index is 1.44. The number of hydrogen-bond donors (Lipinski definition) is 2. The zero-order chi connectivity index (χ0) is 22.8. The summed E-state index contributed by atoms with van der Waals surface area (Å²) in [6.07, 6.45) is 3.42. The minimum atomic E-state index is -0.490. The SMILES string of the molecule is C=CCNc1nc(C(=O)OCc2ccc(COC(=O)c3csc(NCC=C)n3)cc2)cs1. The minimum Gasteiger partial charge on any atom is -0.456 e. The van der Waals surface area contributed by atoms with Gasteiger partial charge in [0.1, 0.15) is 13.2 Å². The van der Waals surface area contributed by atoms with E-state index >= 15 is 0 Å². The van der Waals surface area contributed by atoms with Crippen LogP contribution in [0.4, 0.5) is 10.3 Å². The summed E-state index contributed by atoms with van der Waals surface area (Å²) in [4.78, 5) is 32.7. The Morgan fingerprint density at radius 2 is 1.22 bits per heavy atom. The Labute approximate surface area is 193 Å². The van der Waals surface area contributed by atoms with Crippen LogP contribution in [0.3, 0.4) is 0 Å². The van der Waals surface area contributed by atoms with Crippen LogP contribution in [-0.4, -0.2) is 35.0 Å². The second kappa shape index (κ2) is 11.8. The monoisotopic (exact) mass is 470 g/mol. The van der Waals surface area contributed by atoms with Gasteiger partial charge in [-0.25, -0.2) is 19.6 Å². The van der Waals surface area contributed by atoms with Crippen molar-refractivity contribution in [1.82, 2.24) is 9.97 Å². The lowest BCUT2D eigenvalue weighted by molar-refractivity contribution is 0.0454. The average molecular weight is 471 g/mol. The van der Waals surface area contributed by atoms with Crippen LogP contribution in [0.1, 0.15) is 32.1 Å². The first-order valence-electron chi connectivity index (χ1n) is 9.61. The van der Waals surface area contributed by atoms with E-state index in [4.69, 9.17) is 9.47 Å². The third-order valence-corrected chi connectivity index (χ3v) is 5.58. The van der Waals surface area contributed by atoms with E-state index in [1.54, 1.807) is 22.9 Å². The third-order valence-electron chi connectivity index (χ3n) is 3.98. The summed E-state index contributed by atoms with van der Waals surface area (Å²) in [5.74, 6) is -0.979. The van der Waals surface area contributed by atoms with E-state index in [1.807, 2.05) is 24.3 Å². The molecule has 0 unspecified atom stereocenters. The zero-order valence-electron chi connectivity index (χ0n) is 17.2. The summed E-state index contributed by atoms with van der Waals surface area (Å²) in [6, 6.07) is 7.26. The molecule has 0 saturated heterocycles. The molecule has 0 atom stereocenters. The molecule has 0 amide bonds. The van der Waals surface area contributed by atoms with E-state index in [-0.39, 0.29) is 24.6 Å². The van der Waals surface area contributed by atoms with Crippen LogP contribution in [-0.2, 0) is 22.7 Å². The van der Waals surface area contributed by atoms with Crippen LogP contribution in [0, 0.1) is 0 Å². The molecule has 0 radical (unpaired) electrons. The molecule has 1 aromatic carbocycles. The fourth-order valence-corrected chi connectivity index (χ4v) is 3.77. The van der Waals surface area contributed by atoms with Gasteiger partial charge in [-0.3, -0.25) is 0 Å². The topological polar surface area (TPSA) is 102 Å². The average Bonchev–Trinajstić information content (AvgIpc) is 3.49. The Hall–Kier alpha value is -3.50. The Kier molecular flexibility index (Phi) is 8.52. The molecule has 3 rings (SSSR count). The Morgan fingerprint density at radius 1 is 0.812 bits per heavy atom. The predicted molar refractivity (Wildman–Crippen MR) is 126 cm³/mol. The number of carbonyl (C=O) groups is 2. The summed E-state index contributed by atoms with van der Waals surface area (Å²) in [7, 11) is 0. The number of thiazole rings is 2. The molecule has 0 bridgehead atoms. The highest BCUT2D eigenvalue weighted by Crippen LogP contribution is 2.18. The summed E-state index contributed by atoms with van der Waals surface area (Å²) in [5, 5.41) is 10.6. The first-order valence-corrected chi connectivity index (χ1v) is 11.4. The normalized spacial score (nSPS) is 10.2. The lowest BCUT2D eigenvalue weighted by Crippen LogP contribution is -2.07. The van der Waals surface area contributed by atoms with Gasteiger partial charge in [-0.15, -0.1) is 35.8 Å². The smallest absolute Gasteiger partial charge is 0.358 e. The second-order valence-corrected chi connectivity index (χ2v) is 8.10. The van der Waals surface area contributed by atoms with Gasteiger partial charge in [0.05, 0.1) is 0 Å². The van der Waals surface area contributed by atoms with Crippen molar-refractivity contribution >= 4 is 44.9 Å². The number of hydrogen-bond acceptors (Lipinski definition) is 10. The molecule has 2 heterocycles. The summed E-state index contributed by atoms with van der Waals surface area (Å²) >= 11 is 2.66. The maximum atomic E-state index is 12.1. The van der Waals surface area contributed by atoms with Crippen LogP contribution in [0.5, 0.6) is 0 Å². The molecule has 32 heavy (non-hydrogen) atoms. The lowest BCUT2D eigenvalue weighted by Gasteiger charge is -2.06. The second-order valence-electron chi connectivity index (χ2n) is 6.38. The molecule has 2 aromatic heterocycles. The standard InChI is InChI=1S/C22H22N4O4S2/c1-3-9-23-21-25-17(13-31-21)19(27)29-11-15-5-7-16(8-6-15)12-30-20(28)18-14-32-22(26-18)24-10-4-2/h3-8,13-14H,1-2,9-12H2,(H,23,25)(H,24,26). The summed E-state index contributed by atoms with van der Waals surface area (Å²) in [6.45, 7) is 8.62. The van der Waals surface area contributed by atoms with Gasteiger partial charge in [-0.05, 0) is 11.1 Å². The van der Waals surface area contributed by atoms with Crippen LogP contribution in [0.25, 0.3) is 0 Å². The molecule has 0 aliphatic heterocycles. The van der Waals surface area contributed by atoms with Gasteiger partial charge in [-0.1, -0.05) is 36.4 Å². The van der Waals surface area contributed by atoms with Gasteiger partial charge in [0.2, 0.25) is 0 Å². The number of aromatic nitrogens is 2. The number of nitrogens with one attached hydrogen (secondary N) is 2. The molecule has 8 nitrogen and oxygen atoms in total. The predicted octanol–water partition coefficient (Wildman–Crippen LogP) is 4.51. The van der Waals surface area contributed by atoms with E-state index in [1.165, 1.54) is 22.7 Å². The maximum absolute atomic E-state index is 12.1. The van der Waals surface area contributed by atoms with Gasteiger partial charge >= 0.3 is 11.9 Å². The molecule has 0 fully saturated rings. The van der Waals surface area contributed by atoms with Crippen LogP contribution in [0.15, 0.2) is 60.3 Å². The van der Waals surface area contributed by atoms with Crippen molar-refractivity contribution in [3.63, 3.8) is 0 Å². The quantitative estimate of drug-likeness (QED) is 0.294. The molecule has 0 aliphatic rings. The van der Waals surface area contributed by atoms with E-state index in [2.05, 4.69) is 33.8 Å². The molecular weight excluding hydrogens is 448 g/mol. The van der Waals surface area contributed by atoms with Gasteiger partial charge < -0.3 is 20.1 Å². The fraction of sp³-hybridized carbons (Fsp3) is 0.182. The molecule has 166 valence electrons. The first-order chi connectivity index (χ1) is 15.6. The number of ether oxygens (including phenoxy) is 2. The maximum Gasteiger partial charge on any atom is 0.358 e. The summed E-state index contributed by atoms with van der Waals surface area (Å²) < 4.78 is 10.6. The van der Waals surface area contributed by atoms with E-state index in [0.29, 0.717) is 23.4 Å². The van der Waals surface area contributed by atoms with Crippen molar-refractivity contribution in [3.8, 4) is 0 Å². The first kappa shape index (κ1) is 23.2. The molecule has 0 saturated carbocycles. The van der Waals surface area contributed by atoms with Crippen molar-refractivity contribution in [2.24, 2.45) is 0 Å². The van der Waals surface area contributed by atoms with Gasteiger partial charge in [0, 0.05) is 23.8 Å². The molecule has 10 heteroatoms. The number of esters is 2. The van der Waals surface area contributed by atoms with Crippen LogP contribution >= 0.6 is 22.7 Å². The minimum absolute atomic E-state index is 0.116. The highest BCUT2D eigenvalue weighted by molar-refractivity contribution is 7.14. The van der Waals surface area contributed by atoms with Crippen molar-refractivity contribution in [1.29, 1.82) is 0 Å². The van der Waals surface area contributed by atoms with E-state index in [0.717, 1.165) is 11.1 Å². The van der Waals surface area contributed by atoms with Crippen LogP contribution < -0.4 is 10.6 Å². The molecular formula is C22H22N4O4S2. The lowest BCUT2D eigenvalue weighted by atomic mass is 10.1. The largest absolute Gasteiger partial charge is 0.456 e. The number of nitrogens with zero attached hydrogens (tertiary/aromatic N) is 2. The zero-order valence-corrected chi connectivity index (χ0v) is 18.8.